The molecule has 0 aromatic heterocycles. The number of nitrogens with one attached hydrogen (secondary N) is 1. The van der Waals surface area contributed by atoms with E-state index in [1.807, 2.05) is 37.3 Å². The van der Waals surface area contributed by atoms with Crippen molar-refractivity contribution in [3.63, 3.8) is 0 Å². The number of hydrogen-bond donors (Lipinski definition) is 1. The van der Waals surface area contributed by atoms with E-state index in [-0.39, 0.29) is 12.5 Å². The van der Waals surface area contributed by atoms with Crippen LogP contribution in [0.5, 0.6) is 5.75 Å². The lowest BCUT2D eigenvalue weighted by molar-refractivity contribution is -0.118. The average Bonchev–Trinajstić information content (AvgIpc) is 2.60. The molecule has 0 aliphatic carbocycles. The van der Waals surface area contributed by atoms with Crippen LogP contribution in [0.4, 0.5) is 5.69 Å². The van der Waals surface area contributed by atoms with Gasteiger partial charge in [-0.1, -0.05) is 58.0 Å². The zero-order chi connectivity index (χ0) is 18.4. The van der Waals surface area contributed by atoms with Crippen LogP contribution in [0.25, 0.3) is 0 Å². The number of ether oxygens (including phenoxy) is 1. The minimum absolute atomic E-state index is 0.0111. The average molecular weight is 339 g/mol. The number of benzene rings is 2. The standard InChI is InChI=1S/C22H29NO2/c1-6-16(4)19-9-7-8-10-20(19)23-22(24)14-25-21-13-18(15(2)3)12-11-17(21)5/h7-13,15-16H,6,14H2,1-5H3,(H,23,24)/t16-/m1/s1. The van der Waals surface area contributed by atoms with E-state index in [9.17, 15) is 4.79 Å². The minimum Gasteiger partial charge on any atom is -0.483 e. The quantitative estimate of drug-likeness (QED) is 0.708. The summed E-state index contributed by atoms with van der Waals surface area (Å²) in [5.41, 5.74) is 4.29. The van der Waals surface area contributed by atoms with Crippen molar-refractivity contribution in [3.8, 4) is 5.75 Å². The minimum atomic E-state index is -0.134. The third kappa shape index (κ3) is 5.09. The molecule has 0 saturated heterocycles. The van der Waals surface area contributed by atoms with Gasteiger partial charge in [0.1, 0.15) is 5.75 Å². The Balaban J connectivity index is 2.04. The van der Waals surface area contributed by atoms with Gasteiger partial charge in [0.2, 0.25) is 0 Å². The fraction of sp³-hybridized carbons (Fsp3) is 0.409. The molecule has 134 valence electrons. The number of para-hydroxylation sites is 1. The van der Waals surface area contributed by atoms with Crippen LogP contribution in [-0.4, -0.2) is 12.5 Å². The van der Waals surface area contributed by atoms with Gasteiger partial charge in [0.25, 0.3) is 5.91 Å². The first-order valence-electron chi connectivity index (χ1n) is 9.04. The molecule has 3 heteroatoms. The van der Waals surface area contributed by atoms with Gasteiger partial charge in [-0.3, -0.25) is 4.79 Å². The summed E-state index contributed by atoms with van der Waals surface area (Å²) >= 11 is 0. The van der Waals surface area contributed by atoms with Crippen LogP contribution < -0.4 is 10.1 Å². The molecule has 2 rings (SSSR count). The smallest absolute Gasteiger partial charge is 0.262 e. The molecule has 0 unspecified atom stereocenters. The first kappa shape index (κ1) is 19.0. The van der Waals surface area contributed by atoms with Crippen molar-refractivity contribution in [3.05, 3.63) is 59.2 Å². The highest BCUT2D eigenvalue weighted by Crippen LogP contribution is 2.27. The van der Waals surface area contributed by atoms with Crippen LogP contribution in [0.3, 0.4) is 0 Å². The SMILES string of the molecule is CC[C@@H](C)c1ccccc1NC(=O)COc1cc(C(C)C)ccc1C. The van der Waals surface area contributed by atoms with Gasteiger partial charge in [-0.25, -0.2) is 0 Å². The highest BCUT2D eigenvalue weighted by Gasteiger charge is 2.12. The van der Waals surface area contributed by atoms with Crippen LogP contribution >= 0.6 is 0 Å². The summed E-state index contributed by atoms with van der Waals surface area (Å²) in [5.74, 6) is 1.48. The van der Waals surface area contributed by atoms with Gasteiger partial charge in [0.05, 0.1) is 0 Å². The maximum absolute atomic E-state index is 12.3. The van der Waals surface area contributed by atoms with Crippen molar-refractivity contribution in [1.82, 2.24) is 0 Å². The zero-order valence-corrected chi connectivity index (χ0v) is 15.9. The molecule has 2 aromatic rings. The second kappa shape index (κ2) is 8.70. The van der Waals surface area contributed by atoms with E-state index in [4.69, 9.17) is 4.74 Å². The lowest BCUT2D eigenvalue weighted by Gasteiger charge is -2.16. The van der Waals surface area contributed by atoms with Gasteiger partial charge in [0.15, 0.2) is 6.61 Å². The van der Waals surface area contributed by atoms with Crippen LogP contribution in [0, 0.1) is 6.92 Å². The number of hydrogen-bond acceptors (Lipinski definition) is 2. The van der Waals surface area contributed by atoms with Crippen molar-refractivity contribution in [1.29, 1.82) is 0 Å². The number of amides is 1. The Labute approximate surface area is 151 Å². The molecule has 0 heterocycles. The Morgan fingerprint density at radius 3 is 2.52 bits per heavy atom. The van der Waals surface area contributed by atoms with Crippen LogP contribution in [-0.2, 0) is 4.79 Å². The largest absolute Gasteiger partial charge is 0.483 e. The first-order chi connectivity index (χ1) is 11.9. The van der Waals surface area contributed by atoms with E-state index >= 15 is 0 Å². The summed E-state index contributed by atoms with van der Waals surface area (Å²) in [6.07, 6.45) is 1.03. The van der Waals surface area contributed by atoms with E-state index in [1.54, 1.807) is 0 Å². The number of aryl methyl sites for hydroxylation is 1. The van der Waals surface area contributed by atoms with E-state index < -0.39 is 0 Å². The van der Waals surface area contributed by atoms with E-state index in [0.717, 1.165) is 29.0 Å². The Kier molecular flexibility index (Phi) is 6.63. The number of rotatable bonds is 7. The maximum atomic E-state index is 12.3. The summed E-state index contributed by atoms with van der Waals surface area (Å²) < 4.78 is 5.78. The fourth-order valence-corrected chi connectivity index (χ4v) is 2.72. The van der Waals surface area contributed by atoms with E-state index in [2.05, 4.69) is 45.1 Å². The normalized spacial score (nSPS) is 12.1. The summed E-state index contributed by atoms with van der Waals surface area (Å²) in [5, 5.41) is 2.99. The number of carbonyl (C=O) groups excluding carboxylic acids is 1. The van der Waals surface area contributed by atoms with Crippen LogP contribution in [0.2, 0.25) is 0 Å². The van der Waals surface area contributed by atoms with Crippen molar-refractivity contribution in [2.24, 2.45) is 0 Å². The molecule has 0 bridgehead atoms. The van der Waals surface area contributed by atoms with E-state index in [0.29, 0.717) is 11.8 Å². The Hall–Kier alpha value is -2.29. The zero-order valence-electron chi connectivity index (χ0n) is 15.9. The molecule has 0 radical (unpaired) electrons. The fourth-order valence-electron chi connectivity index (χ4n) is 2.72. The van der Waals surface area contributed by atoms with Gasteiger partial charge in [-0.15, -0.1) is 0 Å². The molecule has 0 aliphatic rings. The second-order valence-corrected chi connectivity index (χ2v) is 6.91. The lowest BCUT2D eigenvalue weighted by atomic mass is 9.97. The van der Waals surface area contributed by atoms with Crippen molar-refractivity contribution >= 4 is 11.6 Å². The summed E-state index contributed by atoms with van der Waals surface area (Å²) in [4.78, 5) is 12.3. The summed E-state index contributed by atoms with van der Waals surface area (Å²) in [6, 6.07) is 14.1. The molecule has 1 N–H and O–H groups in total. The number of anilines is 1. The predicted octanol–water partition coefficient (Wildman–Crippen LogP) is 5.65. The molecule has 1 atom stereocenters. The molecule has 0 fully saturated rings. The maximum Gasteiger partial charge on any atom is 0.262 e. The highest BCUT2D eigenvalue weighted by molar-refractivity contribution is 5.92. The van der Waals surface area contributed by atoms with Crippen molar-refractivity contribution < 1.29 is 9.53 Å². The first-order valence-corrected chi connectivity index (χ1v) is 9.04. The van der Waals surface area contributed by atoms with Gasteiger partial charge < -0.3 is 10.1 Å². The highest BCUT2D eigenvalue weighted by atomic mass is 16.5. The lowest BCUT2D eigenvalue weighted by Crippen LogP contribution is -2.21. The summed E-state index contributed by atoms with van der Waals surface area (Å²) in [6.45, 7) is 10.6. The summed E-state index contributed by atoms with van der Waals surface area (Å²) in [7, 11) is 0. The topological polar surface area (TPSA) is 38.3 Å². The van der Waals surface area contributed by atoms with Gasteiger partial charge in [-0.2, -0.15) is 0 Å². The molecule has 0 aliphatic heterocycles. The Morgan fingerprint density at radius 2 is 1.84 bits per heavy atom. The van der Waals surface area contributed by atoms with Crippen LogP contribution in [0.1, 0.15) is 62.6 Å². The monoisotopic (exact) mass is 339 g/mol. The molecule has 0 saturated carbocycles. The molecule has 2 aromatic carbocycles. The predicted molar refractivity (Wildman–Crippen MR) is 105 cm³/mol. The Morgan fingerprint density at radius 1 is 1.12 bits per heavy atom. The molecular formula is C22H29NO2. The van der Waals surface area contributed by atoms with Crippen LogP contribution in [0.15, 0.2) is 42.5 Å². The van der Waals surface area contributed by atoms with Gasteiger partial charge >= 0.3 is 0 Å². The molecular weight excluding hydrogens is 310 g/mol. The molecule has 0 spiro atoms. The Bertz CT molecular complexity index is 722. The second-order valence-electron chi connectivity index (χ2n) is 6.91. The third-order valence-electron chi connectivity index (χ3n) is 4.62. The number of carbonyl (C=O) groups is 1. The van der Waals surface area contributed by atoms with E-state index in [1.165, 1.54) is 5.56 Å². The van der Waals surface area contributed by atoms with Gasteiger partial charge in [-0.05, 0) is 54.0 Å². The third-order valence-corrected chi connectivity index (χ3v) is 4.62. The molecule has 1 amide bonds. The van der Waals surface area contributed by atoms with Gasteiger partial charge in [0, 0.05) is 5.69 Å². The van der Waals surface area contributed by atoms with Crippen molar-refractivity contribution in [2.75, 3.05) is 11.9 Å². The van der Waals surface area contributed by atoms with Crippen molar-refractivity contribution in [2.45, 2.75) is 52.9 Å². The molecule has 25 heavy (non-hydrogen) atoms. The molecule has 3 nitrogen and oxygen atoms in total.